The summed E-state index contributed by atoms with van der Waals surface area (Å²) in [5.74, 6) is -0.912. The average molecular weight is 320 g/mol. The van der Waals surface area contributed by atoms with Crippen molar-refractivity contribution in [2.45, 2.75) is 34.6 Å². The SMILES string of the molecule is CC(=NOC(=O)NC(=O)c1ccc(F)cc1)C1C(C)(C)C1(C)C. The van der Waals surface area contributed by atoms with Gasteiger partial charge in [-0.15, -0.1) is 0 Å². The topological polar surface area (TPSA) is 67.8 Å². The summed E-state index contributed by atoms with van der Waals surface area (Å²) in [4.78, 5) is 28.2. The number of benzene rings is 1. The molecule has 6 heteroatoms. The molecule has 0 bridgehead atoms. The van der Waals surface area contributed by atoms with Crippen molar-refractivity contribution >= 4 is 17.7 Å². The lowest BCUT2D eigenvalue weighted by Crippen LogP contribution is -2.30. The van der Waals surface area contributed by atoms with Gasteiger partial charge in [-0.1, -0.05) is 32.9 Å². The summed E-state index contributed by atoms with van der Waals surface area (Å²) in [5, 5.41) is 5.87. The van der Waals surface area contributed by atoms with Gasteiger partial charge in [0.25, 0.3) is 5.91 Å². The second-order valence-corrected chi connectivity index (χ2v) is 6.95. The van der Waals surface area contributed by atoms with E-state index in [0.29, 0.717) is 5.71 Å². The van der Waals surface area contributed by atoms with Crippen LogP contribution < -0.4 is 5.32 Å². The van der Waals surface area contributed by atoms with Crippen LogP contribution in [-0.4, -0.2) is 17.7 Å². The van der Waals surface area contributed by atoms with Crippen molar-refractivity contribution in [3.63, 3.8) is 0 Å². The fourth-order valence-corrected chi connectivity index (χ4v) is 3.20. The fourth-order valence-electron chi connectivity index (χ4n) is 3.20. The lowest BCUT2D eigenvalue weighted by Gasteiger charge is -2.04. The van der Waals surface area contributed by atoms with Crippen molar-refractivity contribution in [3.8, 4) is 0 Å². The molecule has 0 heterocycles. The van der Waals surface area contributed by atoms with Crippen LogP contribution in [0.4, 0.5) is 9.18 Å². The second-order valence-electron chi connectivity index (χ2n) is 6.95. The highest BCUT2D eigenvalue weighted by Gasteiger charge is 2.66. The monoisotopic (exact) mass is 320 g/mol. The minimum Gasteiger partial charge on any atom is -0.298 e. The molecular weight excluding hydrogens is 299 g/mol. The van der Waals surface area contributed by atoms with Crippen LogP contribution in [0.25, 0.3) is 0 Å². The molecule has 1 aliphatic carbocycles. The molecule has 0 spiro atoms. The molecule has 1 aromatic rings. The van der Waals surface area contributed by atoms with E-state index in [0.717, 1.165) is 12.1 Å². The number of nitrogens with zero attached hydrogens (tertiary/aromatic N) is 1. The number of rotatable bonds is 3. The number of halogens is 1. The highest BCUT2D eigenvalue weighted by molar-refractivity contribution is 6.03. The van der Waals surface area contributed by atoms with E-state index in [-0.39, 0.29) is 22.3 Å². The van der Waals surface area contributed by atoms with Crippen LogP contribution in [0.15, 0.2) is 29.4 Å². The molecule has 0 aliphatic heterocycles. The summed E-state index contributed by atoms with van der Waals surface area (Å²) in [5.41, 5.74) is 1.05. The van der Waals surface area contributed by atoms with Crippen LogP contribution in [-0.2, 0) is 4.84 Å². The quantitative estimate of drug-likeness (QED) is 0.524. The van der Waals surface area contributed by atoms with Gasteiger partial charge >= 0.3 is 6.09 Å². The van der Waals surface area contributed by atoms with E-state index in [4.69, 9.17) is 4.84 Å². The molecule has 0 unspecified atom stereocenters. The Kier molecular flexibility index (Phi) is 4.28. The smallest absolute Gasteiger partial charge is 0.298 e. The Labute approximate surface area is 134 Å². The maximum Gasteiger partial charge on any atom is 0.440 e. The van der Waals surface area contributed by atoms with Crippen molar-refractivity contribution in [1.82, 2.24) is 5.32 Å². The third kappa shape index (κ3) is 3.25. The number of imide groups is 1. The van der Waals surface area contributed by atoms with Crippen molar-refractivity contribution in [2.24, 2.45) is 21.9 Å². The minimum absolute atomic E-state index is 0.0876. The third-order valence-electron chi connectivity index (χ3n) is 5.03. The first-order valence-corrected chi connectivity index (χ1v) is 7.39. The van der Waals surface area contributed by atoms with Crippen molar-refractivity contribution in [1.29, 1.82) is 0 Å². The molecule has 1 fully saturated rings. The van der Waals surface area contributed by atoms with Crippen LogP contribution in [0.1, 0.15) is 45.0 Å². The second kappa shape index (κ2) is 5.76. The molecule has 0 atom stereocenters. The van der Waals surface area contributed by atoms with Gasteiger partial charge in [0.1, 0.15) is 5.82 Å². The van der Waals surface area contributed by atoms with Gasteiger partial charge < -0.3 is 0 Å². The normalized spacial score (nSPS) is 19.1. The van der Waals surface area contributed by atoms with Gasteiger partial charge in [0.15, 0.2) is 0 Å². The Morgan fingerprint density at radius 3 is 2.13 bits per heavy atom. The third-order valence-corrected chi connectivity index (χ3v) is 5.03. The Balaban J connectivity index is 1.92. The zero-order valence-electron chi connectivity index (χ0n) is 13.9. The molecule has 5 nitrogen and oxygen atoms in total. The standard InChI is InChI=1S/C17H21FN2O3/c1-10(13-16(2,3)17(13,4)5)20-23-15(22)19-14(21)11-6-8-12(18)9-7-11/h6-9,13H,1-5H3,(H,19,21,22). The molecule has 2 rings (SSSR count). The summed E-state index contributed by atoms with van der Waals surface area (Å²) in [7, 11) is 0. The largest absolute Gasteiger partial charge is 0.440 e. The van der Waals surface area contributed by atoms with Gasteiger partial charge in [0, 0.05) is 11.5 Å². The lowest BCUT2D eigenvalue weighted by molar-refractivity contribution is 0.0922. The highest BCUT2D eigenvalue weighted by Crippen LogP contribution is 2.68. The van der Waals surface area contributed by atoms with Crippen LogP contribution in [0.3, 0.4) is 0 Å². The molecular formula is C17H21FN2O3. The summed E-state index contributed by atoms with van der Waals surface area (Å²) in [6.07, 6.45) is -0.963. The van der Waals surface area contributed by atoms with E-state index >= 15 is 0 Å². The van der Waals surface area contributed by atoms with Crippen LogP contribution in [0.5, 0.6) is 0 Å². The predicted molar refractivity (Wildman–Crippen MR) is 84.5 cm³/mol. The fraction of sp³-hybridized carbons (Fsp3) is 0.471. The Hall–Kier alpha value is -2.24. The predicted octanol–water partition coefficient (Wildman–Crippen LogP) is 3.75. The molecule has 1 saturated carbocycles. The number of oxime groups is 1. The summed E-state index contributed by atoms with van der Waals surface area (Å²) < 4.78 is 12.8. The maximum absolute atomic E-state index is 12.8. The Morgan fingerprint density at radius 2 is 1.65 bits per heavy atom. The lowest BCUT2D eigenvalue weighted by atomic mass is 10.0. The minimum atomic E-state index is -0.963. The maximum atomic E-state index is 12.8. The zero-order chi connectivity index (χ0) is 17.4. The van der Waals surface area contributed by atoms with E-state index in [2.05, 4.69) is 32.9 Å². The summed E-state index contributed by atoms with van der Waals surface area (Å²) in [6, 6.07) is 4.84. The molecule has 0 radical (unpaired) electrons. The number of amides is 2. The average Bonchev–Trinajstić information content (AvgIpc) is 2.86. The van der Waals surface area contributed by atoms with Gasteiger partial charge in [-0.3, -0.25) is 14.9 Å². The Morgan fingerprint density at radius 1 is 1.13 bits per heavy atom. The Bertz CT molecular complexity index is 649. The van der Waals surface area contributed by atoms with Gasteiger partial charge in [0.2, 0.25) is 0 Å². The van der Waals surface area contributed by atoms with E-state index in [9.17, 15) is 14.0 Å². The van der Waals surface area contributed by atoms with Crippen LogP contribution in [0.2, 0.25) is 0 Å². The summed E-state index contributed by atoms with van der Waals surface area (Å²) in [6.45, 7) is 10.3. The number of carbonyl (C=O) groups is 2. The van der Waals surface area contributed by atoms with E-state index in [1.165, 1.54) is 12.1 Å². The van der Waals surface area contributed by atoms with E-state index in [1.807, 2.05) is 5.32 Å². The molecule has 1 aliphatic rings. The van der Waals surface area contributed by atoms with Crippen molar-refractivity contribution in [2.75, 3.05) is 0 Å². The molecule has 0 saturated heterocycles. The number of hydrogen-bond donors (Lipinski definition) is 1. The van der Waals surface area contributed by atoms with Gasteiger partial charge in [0.05, 0.1) is 5.71 Å². The molecule has 124 valence electrons. The van der Waals surface area contributed by atoms with Gasteiger partial charge in [-0.2, -0.15) is 0 Å². The van der Waals surface area contributed by atoms with Crippen LogP contribution in [0, 0.1) is 22.6 Å². The first-order chi connectivity index (χ1) is 10.6. The zero-order valence-corrected chi connectivity index (χ0v) is 13.9. The van der Waals surface area contributed by atoms with Gasteiger partial charge in [-0.05, 0) is 42.0 Å². The summed E-state index contributed by atoms with van der Waals surface area (Å²) >= 11 is 0. The van der Waals surface area contributed by atoms with Gasteiger partial charge in [-0.25, -0.2) is 9.18 Å². The van der Waals surface area contributed by atoms with Crippen molar-refractivity contribution < 1.29 is 18.8 Å². The van der Waals surface area contributed by atoms with E-state index < -0.39 is 17.8 Å². The van der Waals surface area contributed by atoms with Crippen LogP contribution >= 0.6 is 0 Å². The number of nitrogens with one attached hydrogen (secondary N) is 1. The molecule has 23 heavy (non-hydrogen) atoms. The molecule has 0 aromatic heterocycles. The first-order valence-electron chi connectivity index (χ1n) is 7.39. The van der Waals surface area contributed by atoms with E-state index in [1.54, 1.807) is 6.92 Å². The molecule has 1 N–H and O–H groups in total. The first kappa shape index (κ1) is 17.1. The number of carbonyl (C=O) groups excluding carboxylic acids is 2. The van der Waals surface area contributed by atoms with Crippen molar-refractivity contribution in [3.05, 3.63) is 35.6 Å². The highest BCUT2D eigenvalue weighted by atomic mass is 19.1. The number of hydrogen-bond acceptors (Lipinski definition) is 4. The molecule has 2 amide bonds. The molecule has 1 aromatic carbocycles.